The number of ether oxygens (including phenoxy) is 1. The summed E-state index contributed by atoms with van der Waals surface area (Å²) in [5.74, 6) is -0.118. The smallest absolute Gasteiger partial charge is 0.410 e. The zero-order chi connectivity index (χ0) is 18.7. The molecule has 0 aliphatic carbocycles. The van der Waals surface area contributed by atoms with Crippen molar-refractivity contribution in [3.8, 4) is 0 Å². The van der Waals surface area contributed by atoms with E-state index in [0.29, 0.717) is 38.3 Å². The molecule has 0 spiro atoms. The summed E-state index contributed by atoms with van der Waals surface area (Å²) >= 11 is 0. The van der Waals surface area contributed by atoms with E-state index in [9.17, 15) is 9.59 Å². The molecule has 1 aromatic carbocycles. The van der Waals surface area contributed by atoms with Gasteiger partial charge in [-0.3, -0.25) is 4.79 Å². The van der Waals surface area contributed by atoms with Gasteiger partial charge in [-0.2, -0.15) is 0 Å². The molecule has 1 saturated heterocycles. The zero-order valence-corrected chi connectivity index (χ0v) is 15.5. The first kappa shape index (κ1) is 18.2. The maximum atomic E-state index is 12.7. The number of piperazine rings is 1. The normalized spacial score (nSPS) is 20.4. The van der Waals surface area contributed by atoms with Gasteiger partial charge in [-0.05, 0) is 26.3 Å². The molecule has 7 nitrogen and oxygen atoms in total. The van der Waals surface area contributed by atoms with E-state index in [2.05, 4.69) is 5.16 Å². The molecule has 1 fully saturated rings. The Bertz CT molecular complexity index is 688. The Morgan fingerprint density at radius 3 is 2.31 bits per heavy atom. The summed E-state index contributed by atoms with van der Waals surface area (Å²) in [7, 11) is 0. The number of rotatable bonds is 2. The topological polar surface area (TPSA) is 71.4 Å². The van der Waals surface area contributed by atoms with E-state index in [0.717, 1.165) is 5.56 Å². The quantitative estimate of drug-likeness (QED) is 0.814. The molecule has 2 aliphatic heterocycles. The standard InChI is InChI=1S/C19H25N3O4/c1-19(2,3)25-18(24)22-11-9-21(10-12-22)17(23)15-13-16(26-20-15)14-7-5-4-6-8-14/h4-8,16H,9-13H2,1-3H3. The number of amides is 2. The first-order valence-electron chi connectivity index (χ1n) is 8.88. The molecular weight excluding hydrogens is 334 g/mol. The Morgan fingerprint density at radius 2 is 1.69 bits per heavy atom. The Labute approximate surface area is 153 Å². The van der Waals surface area contributed by atoms with Crippen molar-refractivity contribution in [2.75, 3.05) is 26.2 Å². The molecule has 140 valence electrons. The highest BCUT2D eigenvalue weighted by atomic mass is 16.6. The second kappa shape index (κ2) is 7.35. The summed E-state index contributed by atoms with van der Waals surface area (Å²) < 4.78 is 5.38. The average Bonchev–Trinajstić information content (AvgIpc) is 3.11. The maximum Gasteiger partial charge on any atom is 0.410 e. The molecule has 0 N–H and O–H groups in total. The third kappa shape index (κ3) is 4.33. The minimum absolute atomic E-state index is 0.118. The van der Waals surface area contributed by atoms with E-state index in [1.54, 1.807) is 9.80 Å². The summed E-state index contributed by atoms with van der Waals surface area (Å²) in [6.45, 7) is 7.36. The van der Waals surface area contributed by atoms with Gasteiger partial charge < -0.3 is 19.4 Å². The second-order valence-electron chi connectivity index (χ2n) is 7.51. The highest BCUT2D eigenvalue weighted by Crippen LogP contribution is 2.27. The van der Waals surface area contributed by atoms with Crippen LogP contribution in [0.3, 0.4) is 0 Å². The number of carbonyl (C=O) groups excluding carboxylic acids is 2. The van der Waals surface area contributed by atoms with E-state index in [1.165, 1.54) is 0 Å². The van der Waals surface area contributed by atoms with Crippen LogP contribution >= 0.6 is 0 Å². The fourth-order valence-electron chi connectivity index (χ4n) is 2.95. The number of hydrogen-bond donors (Lipinski definition) is 0. The van der Waals surface area contributed by atoms with Crippen molar-refractivity contribution < 1.29 is 19.2 Å². The van der Waals surface area contributed by atoms with Crippen LogP contribution in [0.5, 0.6) is 0 Å². The van der Waals surface area contributed by atoms with Crippen LogP contribution in [-0.4, -0.2) is 59.3 Å². The number of oxime groups is 1. The number of carbonyl (C=O) groups is 2. The van der Waals surface area contributed by atoms with E-state index in [1.807, 2.05) is 51.1 Å². The molecule has 2 heterocycles. The van der Waals surface area contributed by atoms with Crippen molar-refractivity contribution in [3.63, 3.8) is 0 Å². The van der Waals surface area contributed by atoms with Gasteiger partial charge in [0.1, 0.15) is 11.3 Å². The fraction of sp³-hybridized carbons (Fsp3) is 0.526. The van der Waals surface area contributed by atoms with Crippen LogP contribution in [0.2, 0.25) is 0 Å². The first-order chi connectivity index (χ1) is 12.3. The van der Waals surface area contributed by atoms with Gasteiger partial charge in [0.25, 0.3) is 5.91 Å². The van der Waals surface area contributed by atoms with E-state index in [-0.39, 0.29) is 18.1 Å². The van der Waals surface area contributed by atoms with Gasteiger partial charge in [-0.1, -0.05) is 35.5 Å². The summed E-state index contributed by atoms with van der Waals surface area (Å²) in [4.78, 5) is 33.6. The Morgan fingerprint density at radius 1 is 1.08 bits per heavy atom. The molecule has 1 atom stereocenters. The number of hydrogen-bond acceptors (Lipinski definition) is 5. The molecule has 0 saturated carbocycles. The molecule has 0 aromatic heterocycles. The number of benzene rings is 1. The molecular formula is C19H25N3O4. The van der Waals surface area contributed by atoms with Crippen LogP contribution in [0.25, 0.3) is 0 Å². The van der Waals surface area contributed by atoms with Gasteiger partial charge in [0, 0.05) is 32.6 Å². The largest absolute Gasteiger partial charge is 0.444 e. The van der Waals surface area contributed by atoms with E-state index in [4.69, 9.17) is 9.57 Å². The predicted octanol–water partition coefficient (Wildman–Crippen LogP) is 2.58. The Balaban J connectivity index is 1.51. The lowest BCUT2D eigenvalue weighted by Crippen LogP contribution is -2.52. The summed E-state index contributed by atoms with van der Waals surface area (Å²) in [5, 5.41) is 3.99. The van der Waals surface area contributed by atoms with Crippen LogP contribution < -0.4 is 0 Å². The van der Waals surface area contributed by atoms with Gasteiger partial charge in [-0.15, -0.1) is 0 Å². The van der Waals surface area contributed by atoms with E-state index >= 15 is 0 Å². The van der Waals surface area contributed by atoms with Gasteiger partial charge in [0.05, 0.1) is 0 Å². The first-order valence-corrected chi connectivity index (χ1v) is 8.88. The highest BCUT2D eigenvalue weighted by Gasteiger charge is 2.33. The van der Waals surface area contributed by atoms with Crippen molar-refractivity contribution in [1.29, 1.82) is 0 Å². The molecule has 1 aromatic rings. The van der Waals surface area contributed by atoms with E-state index < -0.39 is 5.60 Å². The molecule has 2 aliphatic rings. The molecule has 0 radical (unpaired) electrons. The van der Waals surface area contributed by atoms with Crippen molar-refractivity contribution in [2.24, 2.45) is 5.16 Å². The average molecular weight is 359 g/mol. The van der Waals surface area contributed by atoms with Gasteiger partial charge in [0.15, 0.2) is 6.10 Å². The van der Waals surface area contributed by atoms with Crippen LogP contribution in [0.15, 0.2) is 35.5 Å². The van der Waals surface area contributed by atoms with Crippen molar-refractivity contribution in [1.82, 2.24) is 9.80 Å². The summed E-state index contributed by atoms with van der Waals surface area (Å²) in [6, 6.07) is 9.75. The molecule has 26 heavy (non-hydrogen) atoms. The minimum Gasteiger partial charge on any atom is -0.444 e. The molecule has 1 unspecified atom stereocenters. The van der Waals surface area contributed by atoms with Crippen LogP contribution in [0.1, 0.15) is 38.9 Å². The third-order valence-corrected chi connectivity index (χ3v) is 4.31. The lowest BCUT2D eigenvalue weighted by molar-refractivity contribution is -0.125. The minimum atomic E-state index is -0.521. The second-order valence-corrected chi connectivity index (χ2v) is 7.51. The van der Waals surface area contributed by atoms with Crippen LogP contribution in [0.4, 0.5) is 4.79 Å². The van der Waals surface area contributed by atoms with Crippen molar-refractivity contribution in [2.45, 2.75) is 38.9 Å². The Kier molecular flexibility index (Phi) is 5.15. The molecule has 0 bridgehead atoms. The molecule has 2 amide bonds. The van der Waals surface area contributed by atoms with Crippen molar-refractivity contribution in [3.05, 3.63) is 35.9 Å². The monoisotopic (exact) mass is 359 g/mol. The van der Waals surface area contributed by atoms with Crippen LogP contribution in [0, 0.1) is 0 Å². The van der Waals surface area contributed by atoms with Gasteiger partial charge in [-0.25, -0.2) is 4.79 Å². The summed E-state index contributed by atoms with van der Waals surface area (Å²) in [6.07, 6.45) is -0.0803. The lowest BCUT2D eigenvalue weighted by atomic mass is 10.0. The van der Waals surface area contributed by atoms with Gasteiger partial charge in [0.2, 0.25) is 0 Å². The molecule has 7 heteroatoms. The Hall–Kier alpha value is -2.57. The third-order valence-electron chi connectivity index (χ3n) is 4.31. The maximum absolute atomic E-state index is 12.7. The summed E-state index contributed by atoms with van der Waals surface area (Å²) in [5.41, 5.74) is 0.922. The fourth-order valence-corrected chi connectivity index (χ4v) is 2.95. The predicted molar refractivity (Wildman–Crippen MR) is 96.7 cm³/mol. The molecule has 3 rings (SSSR count). The highest BCUT2D eigenvalue weighted by molar-refractivity contribution is 6.39. The van der Waals surface area contributed by atoms with Crippen LogP contribution in [-0.2, 0) is 14.4 Å². The number of nitrogens with zero attached hydrogens (tertiary/aromatic N) is 3. The van der Waals surface area contributed by atoms with Gasteiger partial charge >= 0.3 is 6.09 Å². The zero-order valence-electron chi connectivity index (χ0n) is 15.5. The van der Waals surface area contributed by atoms with Crippen molar-refractivity contribution >= 4 is 17.7 Å². The SMILES string of the molecule is CC(C)(C)OC(=O)N1CCN(C(=O)C2=NOC(c3ccccc3)C2)CC1. The lowest BCUT2D eigenvalue weighted by Gasteiger charge is -2.35.